The van der Waals surface area contributed by atoms with Crippen LogP contribution in [0.1, 0.15) is 21.5 Å². The lowest BCUT2D eigenvalue weighted by molar-refractivity contribution is 0.0697. The molecular formula is C17H16ClNO4. The second kappa shape index (κ2) is 7.15. The Labute approximate surface area is 139 Å². The molecule has 0 saturated carbocycles. The van der Waals surface area contributed by atoms with Crippen molar-refractivity contribution in [3.63, 3.8) is 0 Å². The zero-order valence-corrected chi connectivity index (χ0v) is 13.7. The van der Waals surface area contributed by atoms with Crippen molar-refractivity contribution >= 4 is 29.5 Å². The van der Waals surface area contributed by atoms with Crippen LogP contribution in [-0.4, -0.2) is 31.5 Å². The Morgan fingerprint density at radius 2 is 1.83 bits per heavy atom. The van der Waals surface area contributed by atoms with E-state index in [1.165, 1.54) is 18.2 Å². The molecule has 0 atom stereocenters. The van der Waals surface area contributed by atoms with Gasteiger partial charge in [-0.1, -0.05) is 11.6 Å². The van der Waals surface area contributed by atoms with Crippen LogP contribution in [0.2, 0.25) is 5.02 Å². The average molecular weight is 334 g/mol. The minimum absolute atomic E-state index is 0.130. The van der Waals surface area contributed by atoms with Crippen molar-refractivity contribution < 1.29 is 19.4 Å². The lowest BCUT2D eigenvalue weighted by atomic mass is 10.1. The van der Waals surface area contributed by atoms with E-state index in [-0.39, 0.29) is 5.56 Å². The number of benzene rings is 2. The van der Waals surface area contributed by atoms with Gasteiger partial charge in [-0.15, -0.1) is 0 Å². The van der Waals surface area contributed by atoms with Gasteiger partial charge < -0.3 is 14.6 Å². The number of carbonyl (C=O) groups is 1. The van der Waals surface area contributed by atoms with E-state index in [0.717, 1.165) is 11.1 Å². The smallest absolute Gasteiger partial charge is 0.335 e. The third-order valence-electron chi connectivity index (χ3n) is 3.31. The molecule has 120 valence electrons. The number of halogens is 1. The molecule has 0 fully saturated rings. The first-order chi connectivity index (χ1) is 11.0. The molecule has 2 aromatic rings. The number of carboxylic acid groups (broad SMARTS) is 1. The zero-order valence-electron chi connectivity index (χ0n) is 13.0. The number of aryl methyl sites for hydroxylation is 1. The number of aliphatic imine (C=N–C) groups is 1. The largest absolute Gasteiger partial charge is 0.493 e. The van der Waals surface area contributed by atoms with E-state index in [1.807, 2.05) is 13.0 Å². The minimum atomic E-state index is -1.03. The molecule has 0 aliphatic carbocycles. The van der Waals surface area contributed by atoms with Gasteiger partial charge in [-0.25, -0.2) is 4.79 Å². The molecule has 0 aliphatic rings. The van der Waals surface area contributed by atoms with Gasteiger partial charge in [0.05, 0.1) is 30.5 Å². The van der Waals surface area contributed by atoms with E-state index in [9.17, 15) is 4.79 Å². The summed E-state index contributed by atoms with van der Waals surface area (Å²) in [5, 5.41) is 9.41. The van der Waals surface area contributed by atoms with Crippen LogP contribution in [0.4, 0.5) is 5.69 Å². The van der Waals surface area contributed by atoms with Crippen molar-refractivity contribution in [3.8, 4) is 11.5 Å². The van der Waals surface area contributed by atoms with Crippen LogP contribution in [-0.2, 0) is 0 Å². The predicted molar refractivity (Wildman–Crippen MR) is 89.9 cm³/mol. The van der Waals surface area contributed by atoms with Crippen molar-refractivity contribution in [1.82, 2.24) is 0 Å². The molecule has 0 bridgehead atoms. The number of methoxy groups -OCH3 is 2. The Kier molecular flexibility index (Phi) is 5.24. The van der Waals surface area contributed by atoms with Crippen LogP contribution in [0.5, 0.6) is 11.5 Å². The van der Waals surface area contributed by atoms with Gasteiger partial charge >= 0.3 is 5.97 Å². The van der Waals surface area contributed by atoms with Crippen LogP contribution < -0.4 is 9.47 Å². The standard InChI is InChI=1S/C17H16ClNO4/c1-10-6-15(22-2)16(23-3)8-12(10)9-19-14-7-11(17(20)21)4-5-13(14)18/h4-9H,1-3H3,(H,20,21). The van der Waals surface area contributed by atoms with Gasteiger partial charge in [0.25, 0.3) is 0 Å². The quantitative estimate of drug-likeness (QED) is 0.836. The maximum absolute atomic E-state index is 11.0. The predicted octanol–water partition coefficient (Wildman–Crippen LogP) is 4.11. The van der Waals surface area contributed by atoms with E-state index >= 15 is 0 Å². The van der Waals surface area contributed by atoms with E-state index in [2.05, 4.69) is 4.99 Å². The van der Waals surface area contributed by atoms with Gasteiger partial charge in [0.2, 0.25) is 0 Å². The lowest BCUT2D eigenvalue weighted by Crippen LogP contribution is -1.96. The third kappa shape index (κ3) is 3.81. The summed E-state index contributed by atoms with van der Waals surface area (Å²) >= 11 is 6.06. The Balaban J connectivity index is 2.41. The Hall–Kier alpha value is -2.53. The summed E-state index contributed by atoms with van der Waals surface area (Å²) in [5.41, 5.74) is 2.28. The monoisotopic (exact) mass is 333 g/mol. The molecule has 0 unspecified atom stereocenters. The molecule has 5 nitrogen and oxygen atoms in total. The van der Waals surface area contributed by atoms with E-state index in [1.54, 1.807) is 26.5 Å². The summed E-state index contributed by atoms with van der Waals surface area (Å²) in [6, 6.07) is 8.02. The molecule has 2 aromatic carbocycles. The summed E-state index contributed by atoms with van der Waals surface area (Å²) in [6.07, 6.45) is 1.62. The molecule has 0 radical (unpaired) electrons. The third-order valence-corrected chi connectivity index (χ3v) is 3.63. The van der Waals surface area contributed by atoms with Crippen molar-refractivity contribution in [2.45, 2.75) is 6.92 Å². The second-order valence-corrected chi connectivity index (χ2v) is 5.20. The molecule has 0 heterocycles. The fourth-order valence-corrected chi connectivity index (χ4v) is 2.19. The van der Waals surface area contributed by atoms with Crippen LogP contribution in [0.25, 0.3) is 0 Å². The van der Waals surface area contributed by atoms with Gasteiger partial charge in [0, 0.05) is 6.21 Å². The maximum atomic E-state index is 11.0. The highest BCUT2D eigenvalue weighted by Crippen LogP contribution is 2.30. The number of carboxylic acids is 1. The van der Waals surface area contributed by atoms with Crippen LogP contribution in [0.3, 0.4) is 0 Å². The van der Waals surface area contributed by atoms with Gasteiger partial charge in [-0.05, 0) is 48.4 Å². The van der Waals surface area contributed by atoms with Crippen molar-refractivity contribution in [2.75, 3.05) is 14.2 Å². The molecule has 0 spiro atoms. The summed E-state index contributed by atoms with van der Waals surface area (Å²) < 4.78 is 10.5. The zero-order chi connectivity index (χ0) is 17.0. The van der Waals surface area contributed by atoms with Crippen LogP contribution in [0.15, 0.2) is 35.3 Å². The van der Waals surface area contributed by atoms with Gasteiger partial charge in [-0.2, -0.15) is 0 Å². The summed E-state index contributed by atoms with van der Waals surface area (Å²) in [6.45, 7) is 1.92. The fraction of sp³-hybridized carbons (Fsp3) is 0.176. The molecule has 6 heteroatoms. The molecular weight excluding hydrogens is 318 g/mol. The molecule has 1 N–H and O–H groups in total. The average Bonchev–Trinajstić information content (AvgIpc) is 2.54. The Morgan fingerprint density at radius 3 is 2.43 bits per heavy atom. The number of rotatable bonds is 5. The molecule has 0 aromatic heterocycles. The minimum Gasteiger partial charge on any atom is -0.493 e. The summed E-state index contributed by atoms with van der Waals surface area (Å²) in [7, 11) is 3.13. The first-order valence-electron chi connectivity index (χ1n) is 6.75. The fourth-order valence-electron chi connectivity index (χ4n) is 2.02. The van der Waals surface area contributed by atoms with Gasteiger partial charge in [0.1, 0.15) is 0 Å². The Bertz CT molecular complexity index is 771. The first-order valence-corrected chi connectivity index (χ1v) is 7.13. The summed E-state index contributed by atoms with van der Waals surface area (Å²) in [4.78, 5) is 15.3. The topological polar surface area (TPSA) is 68.1 Å². The van der Waals surface area contributed by atoms with Crippen molar-refractivity contribution in [1.29, 1.82) is 0 Å². The van der Waals surface area contributed by atoms with Crippen molar-refractivity contribution in [2.24, 2.45) is 4.99 Å². The highest BCUT2D eigenvalue weighted by atomic mass is 35.5. The van der Waals surface area contributed by atoms with Crippen molar-refractivity contribution in [3.05, 3.63) is 52.0 Å². The number of ether oxygens (including phenoxy) is 2. The number of aromatic carboxylic acids is 1. The van der Waals surface area contributed by atoms with E-state index in [4.69, 9.17) is 26.2 Å². The van der Waals surface area contributed by atoms with Gasteiger partial charge in [0.15, 0.2) is 11.5 Å². The van der Waals surface area contributed by atoms with E-state index in [0.29, 0.717) is 22.2 Å². The maximum Gasteiger partial charge on any atom is 0.335 e. The Morgan fingerprint density at radius 1 is 1.17 bits per heavy atom. The van der Waals surface area contributed by atoms with Crippen LogP contribution in [0, 0.1) is 6.92 Å². The first kappa shape index (κ1) is 16.8. The van der Waals surface area contributed by atoms with Crippen LogP contribution >= 0.6 is 11.6 Å². The molecule has 2 rings (SSSR count). The van der Waals surface area contributed by atoms with Gasteiger partial charge in [-0.3, -0.25) is 4.99 Å². The number of nitrogens with zero attached hydrogens (tertiary/aromatic N) is 1. The highest BCUT2D eigenvalue weighted by Gasteiger charge is 2.09. The van der Waals surface area contributed by atoms with E-state index < -0.39 is 5.97 Å². The normalized spacial score (nSPS) is 10.8. The SMILES string of the molecule is COc1cc(C)c(C=Nc2cc(C(=O)O)ccc2Cl)cc1OC. The molecule has 0 amide bonds. The highest BCUT2D eigenvalue weighted by molar-refractivity contribution is 6.33. The summed E-state index contributed by atoms with van der Waals surface area (Å²) in [5.74, 6) is 0.193. The molecule has 23 heavy (non-hydrogen) atoms. The molecule has 0 aliphatic heterocycles. The number of hydrogen-bond donors (Lipinski definition) is 1. The second-order valence-electron chi connectivity index (χ2n) is 4.79. The number of hydrogen-bond acceptors (Lipinski definition) is 4. The molecule has 0 saturated heterocycles. The lowest BCUT2D eigenvalue weighted by Gasteiger charge is -2.10.